The second-order valence-corrected chi connectivity index (χ2v) is 5.07. The molecule has 5 heteroatoms. The molecule has 4 nitrogen and oxygen atoms in total. The number of hydrogen-bond acceptors (Lipinski definition) is 2. The van der Waals surface area contributed by atoms with Gasteiger partial charge < -0.3 is 15.5 Å². The first-order chi connectivity index (χ1) is 5.86. The fourth-order valence-electron chi connectivity index (χ4n) is 0.944. The first-order valence-corrected chi connectivity index (χ1v) is 5.37. The van der Waals surface area contributed by atoms with Crippen molar-refractivity contribution >= 4 is 7.60 Å². The van der Waals surface area contributed by atoms with E-state index in [1.165, 1.54) is 6.92 Å². The Morgan fingerprint density at radius 3 is 2.15 bits per heavy atom. The van der Waals surface area contributed by atoms with E-state index in [-0.39, 0.29) is 0 Å². The molecule has 0 fully saturated rings. The summed E-state index contributed by atoms with van der Waals surface area (Å²) < 4.78 is 11.0. The molecule has 0 bridgehead atoms. The SMILES string of the molecule is C[C@@](N)(c1ccccc1)P(=O)(O)O. The molecular weight excluding hydrogens is 189 g/mol. The summed E-state index contributed by atoms with van der Waals surface area (Å²) in [4.78, 5) is 18.0. The topological polar surface area (TPSA) is 83.6 Å². The van der Waals surface area contributed by atoms with Crippen molar-refractivity contribution in [3.8, 4) is 0 Å². The lowest BCUT2D eigenvalue weighted by Crippen LogP contribution is -2.32. The second-order valence-electron chi connectivity index (χ2n) is 3.06. The van der Waals surface area contributed by atoms with E-state index in [1.807, 2.05) is 0 Å². The van der Waals surface area contributed by atoms with Crippen LogP contribution < -0.4 is 5.73 Å². The molecule has 72 valence electrons. The van der Waals surface area contributed by atoms with E-state index in [2.05, 4.69) is 0 Å². The molecule has 0 amide bonds. The van der Waals surface area contributed by atoms with Crippen LogP contribution in [0.1, 0.15) is 12.5 Å². The fourth-order valence-corrected chi connectivity index (χ4v) is 1.43. The Morgan fingerprint density at radius 2 is 1.77 bits per heavy atom. The zero-order valence-electron chi connectivity index (χ0n) is 7.21. The van der Waals surface area contributed by atoms with E-state index < -0.39 is 12.9 Å². The van der Waals surface area contributed by atoms with Gasteiger partial charge in [0.25, 0.3) is 0 Å². The Hall–Kier alpha value is -0.670. The summed E-state index contributed by atoms with van der Waals surface area (Å²) in [7, 11) is -4.31. The first-order valence-electron chi connectivity index (χ1n) is 3.76. The summed E-state index contributed by atoms with van der Waals surface area (Å²) in [6.07, 6.45) is 0. The highest BCUT2D eigenvalue weighted by atomic mass is 31.2. The average Bonchev–Trinajstić information content (AvgIpc) is 2.04. The molecule has 1 aromatic rings. The van der Waals surface area contributed by atoms with Gasteiger partial charge in [-0.2, -0.15) is 0 Å². The molecule has 0 unspecified atom stereocenters. The van der Waals surface area contributed by atoms with Crippen LogP contribution in [-0.4, -0.2) is 9.79 Å². The van der Waals surface area contributed by atoms with Crippen LogP contribution in [0.2, 0.25) is 0 Å². The van der Waals surface area contributed by atoms with Crippen molar-refractivity contribution in [3.05, 3.63) is 35.9 Å². The number of hydrogen-bond donors (Lipinski definition) is 3. The van der Waals surface area contributed by atoms with Gasteiger partial charge >= 0.3 is 7.60 Å². The normalized spacial score (nSPS) is 16.6. The fraction of sp³-hybridized carbons (Fsp3) is 0.250. The zero-order valence-corrected chi connectivity index (χ0v) is 8.11. The van der Waals surface area contributed by atoms with Crippen molar-refractivity contribution in [2.75, 3.05) is 0 Å². The lowest BCUT2D eigenvalue weighted by atomic mass is 10.1. The van der Waals surface area contributed by atoms with E-state index >= 15 is 0 Å². The molecular formula is C8H12NO3P. The summed E-state index contributed by atoms with van der Waals surface area (Å²) in [6, 6.07) is 8.34. The summed E-state index contributed by atoms with van der Waals surface area (Å²) in [5, 5.41) is -1.60. The lowest BCUT2D eigenvalue weighted by Gasteiger charge is -2.25. The molecule has 1 atom stereocenters. The van der Waals surface area contributed by atoms with E-state index in [4.69, 9.17) is 15.5 Å². The predicted molar refractivity (Wildman–Crippen MR) is 50.0 cm³/mol. The highest BCUT2D eigenvalue weighted by Crippen LogP contribution is 2.52. The maximum absolute atomic E-state index is 11.0. The maximum atomic E-state index is 11.0. The molecule has 0 aromatic heterocycles. The smallest absolute Gasteiger partial charge is 0.323 e. The number of nitrogens with two attached hydrogens (primary N) is 1. The molecule has 0 aliphatic carbocycles. The van der Waals surface area contributed by atoms with Gasteiger partial charge in [0, 0.05) is 0 Å². The van der Waals surface area contributed by atoms with Gasteiger partial charge in [0.15, 0.2) is 0 Å². The lowest BCUT2D eigenvalue weighted by molar-refractivity contribution is 0.333. The van der Waals surface area contributed by atoms with Gasteiger partial charge in [0.05, 0.1) is 0 Å². The van der Waals surface area contributed by atoms with Crippen LogP contribution in [0, 0.1) is 0 Å². The van der Waals surface area contributed by atoms with Gasteiger partial charge in [0.2, 0.25) is 0 Å². The first kappa shape index (κ1) is 10.4. The second kappa shape index (κ2) is 3.24. The Labute approximate surface area is 76.6 Å². The van der Waals surface area contributed by atoms with Crippen molar-refractivity contribution in [2.24, 2.45) is 5.73 Å². The summed E-state index contributed by atoms with van der Waals surface area (Å²) in [6.45, 7) is 1.32. The minimum Gasteiger partial charge on any atom is -0.323 e. The van der Waals surface area contributed by atoms with Crippen LogP contribution in [0.3, 0.4) is 0 Å². The van der Waals surface area contributed by atoms with Gasteiger partial charge in [-0.05, 0) is 12.5 Å². The molecule has 0 aliphatic rings. The Balaban J connectivity index is 3.16. The summed E-state index contributed by atoms with van der Waals surface area (Å²) >= 11 is 0. The molecule has 0 saturated heterocycles. The van der Waals surface area contributed by atoms with E-state index in [0.29, 0.717) is 5.56 Å². The minimum absolute atomic E-state index is 0.434. The monoisotopic (exact) mass is 201 g/mol. The third kappa shape index (κ3) is 1.98. The summed E-state index contributed by atoms with van der Waals surface area (Å²) in [5.41, 5.74) is 5.99. The molecule has 1 rings (SSSR count). The third-order valence-corrected chi connectivity index (χ3v) is 3.43. The molecule has 0 aliphatic heterocycles. The predicted octanol–water partition coefficient (Wildman–Crippen LogP) is 0.996. The number of benzene rings is 1. The quantitative estimate of drug-likeness (QED) is 0.623. The Bertz CT molecular complexity index is 331. The van der Waals surface area contributed by atoms with Crippen LogP contribution in [-0.2, 0) is 9.85 Å². The maximum Gasteiger partial charge on any atom is 0.349 e. The van der Waals surface area contributed by atoms with Crippen molar-refractivity contribution in [3.63, 3.8) is 0 Å². The molecule has 0 heterocycles. The molecule has 13 heavy (non-hydrogen) atoms. The largest absolute Gasteiger partial charge is 0.349 e. The average molecular weight is 201 g/mol. The molecule has 0 spiro atoms. The van der Waals surface area contributed by atoms with Crippen LogP contribution >= 0.6 is 7.60 Å². The van der Waals surface area contributed by atoms with Crippen molar-refractivity contribution < 1.29 is 14.4 Å². The van der Waals surface area contributed by atoms with E-state index in [9.17, 15) is 4.57 Å². The van der Waals surface area contributed by atoms with Crippen LogP contribution in [0.25, 0.3) is 0 Å². The van der Waals surface area contributed by atoms with Crippen LogP contribution in [0.5, 0.6) is 0 Å². The standard InChI is InChI=1S/C8H12NO3P/c1-8(9,13(10,11)12)7-5-3-2-4-6-7/h2-6H,9H2,1H3,(H2,10,11,12)/t8-/m0/s1. The van der Waals surface area contributed by atoms with Crippen molar-refractivity contribution in [1.82, 2.24) is 0 Å². The van der Waals surface area contributed by atoms with E-state index in [1.54, 1.807) is 30.3 Å². The van der Waals surface area contributed by atoms with Gasteiger partial charge in [-0.3, -0.25) is 4.57 Å². The molecule has 0 radical (unpaired) electrons. The summed E-state index contributed by atoms with van der Waals surface area (Å²) in [5.74, 6) is 0. The van der Waals surface area contributed by atoms with Gasteiger partial charge in [-0.25, -0.2) is 0 Å². The van der Waals surface area contributed by atoms with E-state index in [0.717, 1.165) is 0 Å². The third-order valence-electron chi connectivity index (χ3n) is 1.96. The molecule has 4 N–H and O–H groups in total. The van der Waals surface area contributed by atoms with Gasteiger partial charge in [-0.15, -0.1) is 0 Å². The Morgan fingerprint density at radius 1 is 1.31 bits per heavy atom. The molecule has 0 saturated carbocycles. The zero-order chi connectivity index (χ0) is 10.1. The van der Waals surface area contributed by atoms with Crippen LogP contribution in [0.4, 0.5) is 0 Å². The van der Waals surface area contributed by atoms with Gasteiger partial charge in [-0.1, -0.05) is 30.3 Å². The Kier molecular flexibility index (Phi) is 2.59. The highest BCUT2D eigenvalue weighted by Gasteiger charge is 2.39. The van der Waals surface area contributed by atoms with Gasteiger partial charge in [0.1, 0.15) is 5.28 Å². The molecule has 1 aromatic carbocycles. The minimum atomic E-state index is -4.31. The highest BCUT2D eigenvalue weighted by molar-refractivity contribution is 7.53. The number of rotatable bonds is 2. The van der Waals surface area contributed by atoms with Crippen LogP contribution in [0.15, 0.2) is 30.3 Å². The van der Waals surface area contributed by atoms with Crippen molar-refractivity contribution in [2.45, 2.75) is 12.2 Å². The van der Waals surface area contributed by atoms with Crippen molar-refractivity contribution in [1.29, 1.82) is 0 Å².